The number of anilines is 2. The van der Waals surface area contributed by atoms with Gasteiger partial charge in [-0.25, -0.2) is 8.42 Å². The second-order valence-electron chi connectivity index (χ2n) is 7.89. The zero-order valence-electron chi connectivity index (χ0n) is 19.7. The maximum Gasteiger partial charge on any atom is 0.253 e. The number of para-hydroxylation sites is 1. The van der Waals surface area contributed by atoms with Gasteiger partial charge >= 0.3 is 0 Å². The Morgan fingerprint density at radius 1 is 0.914 bits per heavy atom. The van der Waals surface area contributed by atoms with Crippen LogP contribution in [0.5, 0.6) is 5.75 Å². The molecule has 0 heterocycles. The molecule has 35 heavy (non-hydrogen) atoms. The third kappa shape index (κ3) is 7.58. The van der Waals surface area contributed by atoms with Crippen LogP contribution in [-0.2, 0) is 21.4 Å². The molecule has 2 N–H and O–H groups in total. The number of hydrogen-bond acceptors (Lipinski definition) is 5. The molecule has 0 bridgehead atoms. The molecular weight excluding hydrogens is 466 g/mol. The number of sulfonamides is 1. The lowest BCUT2D eigenvalue weighted by atomic mass is 10.1. The molecule has 8 nitrogen and oxygen atoms in total. The number of hydrogen-bond donors (Lipinski definition) is 2. The lowest BCUT2D eigenvalue weighted by Gasteiger charge is -2.22. The summed E-state index contributed by atoms with van der Waals surface area (Å²) in [6.45, 7) is 2.38. The van der Waals surface area contributed by atoms with Crippen molar-refractivity contribution in [2.45, 2.75) is 20.0 Å². The van der Waals surface area contributed by atoms with E-state index in [4.69, 9.17) is 4.74 Å². The van der Waals surface area contributed by atoms with E-state index in [0.717, 1.165) is 22.5 Å². The number of amides is 2. The van der Waals surface area contributed by atoms with Crippen molar-refractivity contribution in [3.05, 3.63) is 90.0 Å². The maximum atomic E-state index is 12.8. The highest BCUT2D eigenvalue weighted by Gasteiger charge is 2.22. The van der Waals surface area contributed by atoms with Crippen LogP contribution in [0, 0.1) is 0 Å². The smallest absolute Gasteiger partial charge is 0.253 e. The fourth-order valence-electron chi connectivity index (χ4n) is 3.29. The highest BCUT2D eigenvalue weighted by atomic mass is 32.2. The van der Waals surface area contributed by atoms with Gasteiger partial charge in [-0.1, -0.05) is 49.4 Å². The quantitative estimate of drug-likeness (QED) is 0.421. The zero-order chi connectivity index (χ0) is 25.3. The molecule has 0 aliphatic heterocycles. The van der Waals surface area contributed by atoms with Crippen LogP contribution in [0.25, 0.3) is 0 Å². The summed E-state index contributed by atoms with van der Waals surface area (Å²) in [7, 11) is -3.76. The highest BCUT2D eigenvalue weighted by Crippen LogP contribution is 2.23. The Bertz CT molecular complexity index is 1250. The molecule has 3 rings (SSSR count). The van der Waals surface area contributed by atoms with E-state index in [-0.39, 0.29) is 5.91 Å². The Hall–Kier alpha value is -3.85. The van der Waals surface area contributed by atoms with E-state index in [2.05, 4.69) is 10.6 Å². The molecule has 0 radical (unpaired) electrons. The molecule has 0 aliphatic rings. The van der Waals surface area contributed by atoms with Gasteiger partial charge in [-0.15, -0.1) is 0 Å². The zero-order valence-corrected chi connectivity index (χ0v) is 20.5. The highest BCUT2D eigenvalue weighted by molar-refractivity contribution is 7.92. The summed E-state index contributed by atoms with van der Waals surface area (Å²) >= 11 is 0. The number of nitrogens with zero attached hydrogens (tertiary/aromatic N) is 1. The second kappa shape index (κ2) is 12.0. The van der Waals surface area contributed by atoms with Gasteiger partial charge in [0.2, 0.25) is 15.9 Å². The van der Waals surface area contributed by atoms with E-state index in [1.165, 1.54) is 0 Å². The first-order valence-electron chi connectivity index (χ1n) is 11.2. The summed E-state index contributed by atoms with van der Waals surface area (Å²) in [5, 5.41) is 5.43. The van der Waals surface area contributed by atoms with Crippen molar-refractivity contribution in [1.82, 2.24) is 5.32 Å². The summed E-state index contributed by atoms with van der Waals surface area (Å²) in [5.41, 5.74) is 1.95. The molecule has 0 atom stereocenters. The first kappa shape index (κ1) is 25.8. The average Bonchev–Trinajstić information content (AvgIpc) is 2.85. The van der Waals surface area contributed by atoms with Crippen LogP contribution in [-0.4, -0.2) is 39.6 Å². The van der Waals surface area contributed by atoms with Crippen LogP contribution < -0.4 is 19.7 Å². The normalized spacial score (nSPS) is 10.9. The van der Waals surface area contributed by atoms with E-state index in [1.807, 2.05) is 37.3 Å². The van der Waals surface area contributed by atoms with E-state index in [9.17, 15) is 18.0 Å². The van der Waals surface area contributed by atoms with E-state index < -0.39 is 22.5 Å². The molecule has 0 unspecified atom stereocenters. The molecule has 184 valence electrons. The molecule has 0 saturated heterocycles. The van der Waals surface area contributed by atoms with Crippen LogP contribution in [0.1, 0.15) is 29.3 Å². The Balaban J connectivity index is 1.70. The lowest BCUT2D eigenvalue weighted by Crippen LogP contribution is -2.37. The van der Waals surface area contributed by atoms with Crippen molar-refractivity contribution in [3.63, 3.8) is 0 Å². The molecule has 0 saturated carbocycles. The molecule has 0 aliphatic carbocycles. The number of nitrogens with one attached hydrogen (secondary N) is 2. The van der Waals surface area contributed by atoms with E-state index in [1.54, 1.807) is 48.5 Å². The predicted molar refractivity (Wildman–Crippen MR) is 137 cm³/mol. The van der Waals surface area contributed by atoms with Gasteiger partial charge in [-0.3, -0.25) is 13.9 Å². The summed E-state index contributed by atoms with van der Waals surface area (Å²) < 4.78 is 31.7. The van der Waals surface area contributed by atoms with Crippen molar-refractivity contribution < 1.29 is 22.7 Å². The maximum absolute atomic E-state index is 12.8. The van der Waals surface area contributed by atoms with E-state index in [0.29, 0.717) is 35.8 Å². The lowest BCUT2D eigenvalue weighted by molar-refractivity contribution is -0.114. The number of carbonyl (C=O) groups excluding carboxylic acids is 2. The molecular formula is C26H29N3O5S. The third-order valence-corrected chi connectivity index (χ3v) is 6.18. The van der Waals surface area contributed by atoms with Gasteiger partial charge in [-0.05, 0) is 48.4 Å². The van der Waals surface area contributed by atoms with Crippen molar-refractivity contribution in [2.75, 3.05) is 29.0 Å². The van der Waals surface area contributed by atoms with Gasteiger partial charge in [0.05, 0.1) is 23.2 Å². The molecule has 3 aromatic carbocycles. The van der Waals surface area contributed by atoms with Gasteiger partial charge in [-0.2, -0.15) is 0 Å². The van der Waals surface area contributed by atoms with Crippen LogP contribution >= 0.6 is 0 Å². The summed E-state index contributed by atoms with van der Waals surface area (Å²) in [6.07, 6.45) is 1.81. The Labute approximate surface area is 206 Å². The third-order valence-electron chi connectivity index (χ3n) is 5.04. The molecule has 9 heteroatoms. The van der Waals surface area contributed by atoms with Gasteiger partial charge in [0.25, 0.3) is 5.91 Å². The fraction of sp³-hybridized carbons (Fsp3) is 0.231. The SMILES string of the molecule is CCCNC(=O)c1ccccc1NC(=O)CN(c1ccc(OCc2ccccc2)cc1)S(C)(=O)=O. The minimum absolute atomic E-state index is 0.306. The Kier molecular flexibility index (Phi) is 8.86. The summed E-state index contributed by atoms with van der Waals surface area (Å²) in [4.78, 5) is 25.2. The van der Waals surface area contributed by atoms with Crippen LogP contribution in [0.15, 0.2) is 78.9 Å². The predicted octanol–water partition coefficient (Wildman–Crippen LogP) is 3.81. The van der Waals surface area contributed by atoms with Crippen molar-refractivity contribution in [2.24, 2.45) is 0 Å². The largest absolute Gasteiger partial charge is 0.489 e. The number of benzene rings is 3. The monoisotopic (exact) mass is 495 g/mol. The standard InChI is InChI=1S/C26H29N3O5S/c1-3-17-27-26(31)23-11-7-8-12-24(23)28-25(30)18-29(35(2,32)33)21-13-15-22(16-14-21)34-19-20-9-5-4-6-10-20/h4-16H,3,17-19H2,1-2H3,(H,27,31)(H,28,30). The topological polar surface area (TPSA) is 105 Å². The molecule has 0 aromatic heterocycles. The minimum atomic E-state index is -3.76. The molecule has 0 spiro atoms. The Morgan fingerprint density at radius 3 is 2.23 bits per heavy atom. The second-order valence-corrected chi connectivity index (χ2v) is 9.79. The first-order valence-corrected chi connectivity index (χ1v) is 13.0. The minimum Gasteiger partial charge on any atom is -0.489 e. The van der Waals surface area contributed by atoms with Crippen molar-refractivity contribution >= 4 is 33.2 Å². The molecule has 0 fully saturated rings. The molecule has 2 amide bonds. The number of ether oxygens (including phenoxy) is 1. The van der Waals surface area contributed by atoms with Crippen LogP contribution in [0.4, 0.5) is 11.4 Å². The van der Waals surface area contributed by atoms with E-state index >= 15 is 0 Å². The van der Waals surface area contributed by atoms with Crippen LogP contribution in [0.3, 0.4) is 0 Å². The molecule has 3 aromatic rings. The fourth-order valence-corrected chi connectivity index (χ4v) is 4.15. The van der Waals surface area contributed by atoms with Gasteiger partial charge in [0.1, 0.15) is 18.9 Å². The number of carbonyl (C=O) groups is 2. The van der Waals surface area contributed by atoms with Crippen molar-refractivity contribution in [3.8, 4) is 5.75 Å². The summed E-state index contributed by atoms with van der Waals surface area (Å²) in [6, 6.07) is 22.7. The number of rotatable bonds is 11. The average molecular weight is 496 g/mol. The van der Waals surface area contributed by atoms with Gasteiger partial charge < -0.3 is 15.4 Å². The van der Waals surface area contributed by atoms with Gasteiger partial charge in [0, 0.05) is 6.54 Å². The van der Waals surface area contributed by atoms with Crippen molar-refractivity contribution in [1.29, 1.82) is 0 Å². The summed E-state index contributed by atoms with van der Waals surface area (Å²) in [5.74, 6) is -0.313. The Morgan fingerprint density at radius 2 is 1.57 bits per heavy atom. The first-order chi connectivity index (χ1) is 16.8. The van der Waals surface area contributed by atoms with Crippen LogP contribution in [0.2, 0.25) is 0 Å². The van der Waals surface area contributed by atoms with Gasteiger partial charge in [0.15, 0.2) is 0 Å².